The van der Waals surface area contributed by atoms with Gasteiger partial charge in [-0.15, -0.1) is 0 Å². The number of hydrogen-bond acceptors (Lipinski definition) is 25. The number of hydrogen-bond donors (Lipinski definition) is 6. The molecule has 668 valence electrons. The van der Waals surface area contributed by atoms with Crippen molar-refractivity contribution in [2.75, 3.05) is 72.8 Å². The van der Waals surface area contributed by atoms with Gasteiger partial charge >= 0.3 is 26.4 Å². The molecule has 128 heavy (non-hydrogen) atoms. The van der Waals surface area contributed by atoms with Crippen LogP contribution in [0.1, 0.15) is 137 Å². The topological polar surface area (TPSA) is 303 Å². The zero-order valence-electron chi connectivity index (χ0n) is 73.3. The maximum atomic E-state index is 12.5. The first-order chi connectivity index (χ1) is 61.7. The number of likely N-dealkylation sites (tertiary alicyclic amines) is 2. The molecule has 6 N–H and O–H groups in total. The minimum Gasteiger partial charge on any atom is -0.482 e. The van der Waals surface area contributed by atoms with E-state index >= 15 is 0 Å². The first kappa shape index (κ1) is 94.7. The Morgan fingerprint density at radius 1 is 0.406 bits per heavy atom. The molecule has 4 fully saturated rings. The maximum Gasteiger partial charge on any atom is 0.490 e. The molecule has 4 spiro atoms. The van der Waals surface area contributed by atoms with Crippen LogP contribution in [0.5, 0.6) is 28.7 Å². The van der Waals surface area contributed by atoms with E-state index in [0.717, 1.165) is 160 Å². The quantitative estimate of drug-likeness (QED) is 0.0255. The zero-order chi connectivity index (χ0) is 90.3. The number of amides is 2. The summed E-state index contributed by atoms with van der Waals surface area (Å²) in [5, 5.41) is 41.5. The molecule has 0 bridgehead atoms. The number of nitrogens with one attached hydrogen (secondary N) is 2. The van der Waals surface area contributed by atoms with E-state index in [1.165, 1.54) is 55.4 Å². The maximum absolute atomic E-state index is 12.5. The van der Waals surface area contributed by atoms with Crippen molar-refractivity contribution in [2.45, 2.75) is 136 Å². The predicted octanol–water partition coefficient (Wildman–Crippen LogP) is 15.6. The van der Waals surface area contributed by atoms with Gasteiger partial charge in [0.2, 0.25) is 11.1 Å². The van der Waals surface area contributed by atoms with Crippen LogP contribution < -0.4 is 44.7 Å². The number of nitrogens with zero attached hydrogens (tertiary/aromatic N) is 5. The standard InChI is InChI=1S/C25H29NO5S.C23H26N2O3.C20H21NO3S.C18H18N2O.C7H9BO4S.C5H6BNO2/c1-24(2,3)30-23(27)26-15-13-25(14-16-26)17-21(20-7-5-6-8-22(20)29-25)18-9-11-19(12-10-18)31-32(4)28;1-22(2,3)28-21(26)25-13-10-23(11-14-25)15-19(17-7-6-12-24-16-17)18-8-4-5-9-20(18)27-23;1-22-24-25-16-8-6-15(7-9-16)18-14-20(10-12-21-13-11-20)23-19-5-3-2-4-17(18)19;1-2-6-17-15(5-1)16(14-4-3-9-20-13-14)12-18(21-17)7-10-19-11-8-18;1-11-12-13-7-4-2-6(3-5-7)8(9)10;8-6(9)5-2-1-3-7-4-5/h5-12,17H,13-16H2,1-4H3;4-9,12,15-16H,10-11,13-14H2,1-3H3;2-9,14,21H,10-13H2,1H3;1-6,9,12-13,19H,7-8,10-11H2;2-5,9-10H,1H3;1-4,8-9H. The molecule has 2 amide bonds. The van der Waals surface area contributed by atoms with Crippen molar-refractivity contribution >= 4 is 94.8 Å². The van der Waals surface area contributed by atoms with E-state index in [1.807, 2.05) is 157 Å². The Bertz CT molecular complexity index is 5470. The van der Waals surface area contributed by atoms with Gasteiger partial charge in [0.05, 0.1) is 38.3 Å². The van der Waals surface area contributed by atoms with Gasteiger partial charge in [-0.3, -0.25) is 15.0 Å². The van der Waals surface area contributed by atoms with Crippen LogP contribution in [0.4, 0.5) is 9.59 Å². The van der Waals surface area contributed by atoms with E-state index < -0.39 is 47.7 Å². The Labute approximate surface area is 760 Å². The molecule has 8 aliphatic heterocycles. The third-order valence-corrected chi connectivity index (χ3v) is 23.8. The molecule has 7 aromatic carbocycles. The molecule has 1 atom stereocenters. The SMILES string of the molecule is C1=C(c2cccnc2)c2ccccc2OC12CCNCC2.CC(C)(C)OC(=O)N1CCC2(C=C(c3cccnc3)c3ccccc3O2)CC1.COOSc1ccc(B(O)O)cc1.COOSc1ccc(C2=CC3(CCNCC3)Oc3ccccc32)cc1.CS(=O)Oc1ccc(C2=CC3(CCN(C(=O)OC(C)(C)C)CC3)Oc3ccccc32)cc1.OB(O)c1cccnc1. The average Bonchev–Trinajstić information content (AvgIpc) is 0.753. The summed E-state index contributed by atoms with van der Waals surface area (Å²) in [6.07, 6.45) is 27.2. The molecule has 0 aliphatic carbocycles. The van der Waals surface area contributed by atoms with Crippen LogP contribution in [0, 0.1) is 0 Å². The second kappa shape index (κ2) is 43.9. The zero-order valence-corrected chi connectivity index (χ0v) is 75.8. The fourth-order valence-corrected chi connectivity index (χ4v) is 17.0. The molecule has 10 aromatic rings. The van der Waals surface area contributed by atoms with Gasteiger partial charge in [-0.2, -0.15) is 8.67 Å². The number of piperidine rings is 4. The lowest BCUT2D eigenvalue weighted by molar-refractivity contribution is -0.160. The third-order valence-electron chi connectivity index (χ3n) is 22.1. The Morgan fingerprint density at radius 2 is 0.727 bits per heavy atom. The van der Waals surface area contributed by atoms with Crippen LogP contribution in [0.15, 0.2) is 278 Å². The molecular formula is C98H109B2N7O18S3. The minimum absolute atomic E-state index is 0.176. The Morgan fingerprint density at radius 3 is 1.03 bits per heavy atom. The number of fused-ring (bicyclic) bond motifs is 4. The molecule has 0 saturated carbocycles. The molecule has 8 aliphatic rings. The van der Waals surface area contributed by atoms with Crippen molar-refractivity contribution in [2.24, 2.45) is 0 Å². The highest BCUT2D eigenvalue weighted by Gasteiger charge is 2.44. The molecule has 25 nitrogen and oxygen atoms in total. The van der Waals surface area contributed by atoms with Crippen molar-refractivity contribution in [3.05, 3.63) is 312 Å². The van der Waals surface area contributed by atoms with Crippen LogP contribution in [-0.2, 0) is 39.0 Å². The van der Waals surface area contributed by atoms with E-state index in [-0.39, 0.29) is 23.4 Å². The Hall–Kier alpha value is -10.9. The minimum atomic E-state index is -1.43. The van der Waals surface area contributed by atoms with E-state index in [4.69, 9.17) is 57.0 Å². The van der Waals surface area contributed by atoms with E-state index in [2.05, 4.69) is 137 Å². The molecule has 0 radical (unpaired) electrons. The number of ether oxygens (including phenoxy) is 6. The van der Waals surface area contributed by atoms with E-state index in [9.17, 15) is 13.8 Å². The lowest BCUT2D eigenvalue weighted by atomic mass is 9.81. The van der Waals surface area contributed by atoms with Crippen molar-refractivity contribution in [3.63, 3.8) is 0 Å². The number of benzene rings is 7. The average molecular weight is 1790 g/mol. The van der Waals surface area contributed by atoms with Crippen LogP contribution in [0.25, 0.3) is 22.3 Å². The van der Waals surface area contributed by atoms with Gasteiger partial charge in [-0.1, -0.05) is 127 Å². The summed E-state index contributed by atoms with van der Waals surface area (Å²) in [5.41, 5.74) is 12.2. The lowest BCUT2D eigenvalue weighted by Gasteiger charge is -2.43. The normalized spacial score (nSPS) is 17.0. The number of carbonyl (C=O) groups excluding carboxylic acids is 2. The van der Waals surface area contributed by atoms with Gasteiger partial charge in [0, 0.05) is 170 Å². The smallest absolute Gasteiger partial charge is 0.482 e. The Kier molecular flexibility index (Phi) is 32.5. The van der Waals surface area contributed by atoms with Gasteiger partial charge in [-0.05, 0) is 210 Å². The number of para-hydroxylation sites is 4. The highest BCUT2D eigenvalue weighted by atomic mass is 32.2. The van der Waals surface area contributed by atoms with Gasteiger partial charge in [0.1, 0.15) is 62.4 Å². The van der Waals surface area contributed by atoms with Gasteiger partial charge in [-0.25, -0.2) is 23.6 Å². The van der Waals surface area contributed by atoms with Crippen molar-refractivity contribution < 1.29 is 84.9 Å². The molecule has 11 heterocycles. The van der Waals surface area contributed by atoms with Crippen molar-refractivity contribution in [3.8, 4) is 28.7 Å². The summed E-state index contributed by atoms with van der Waals surface area (Å²) in [6.45, 7) is 17.6. The van der Waals surface area contributed by atoms with Crippen molar-refractivity contribution in [1.82, 2.24) is 35.4 Å². The highest BCUT2D eigenvalue weighted by molar-refractivity contribution is 7.94. The van der Waals surface area contributed by atoms with E-state index in [1.54, 1.807) is 58.6 Å². The summed E-state index contributed by atoms with van der Waals surface area (Å²) < 4.78 is 63.0. The number of pyridine rings is 3. The highest BCUT2D eigenvalue weighted by Crippen LogP contribution is 2.48. The number of aromatic nitrogens is 3. The van der Waals surface area contributed by atoms with E-state index in [0.29, 0.717) is 55.7 Å². The summed E-state index contributed by atoms with van der Waals surface area (Å²) in [5.74, 6) is 4.25. The summed E-state index contributed by atoms with van der Waals surface area (Å²) in [4.78, 5) is 51.5. The monoisotopic (exact) mass is 1790 g/mol. The van der Waals surface area contributed by atoms with Gasteiger partial charge in [0.25, 0.3) is 0 Å². The largest absolute Gasteiger partial charge is 0.490 e. The number of carbonyl (C=O) groups is 2. The van der Waals surface area contributed by atoms with Crippen LogP contribution in [0.3, 0.4) is 0 Å². The molecule has 1 unspecified atom stereocenters. The second-order valence-corrected chi connectivity index (χ2v) is 36.1. The summed E-state index contributed by atoms with van der Waals surface area (Å²) >= 11 is 0.899. The second-order valence-electron chi connectivity index (χ2n) is 33.6. The fraction of sp³-hybridized carbons (Fsp3) is 0.316. The van der Waals surface area contributed by atoms with Gasteiger partial charge in [0.15, 0.2) is 0 Å². The molecule has 4 saturated heterocycles. The first-order valence-electron chi connectivity index (χ1n) is 42.6. The van der Waals surface area contributed by atoms with Crippen molar-refractivity contribution in [1.29, 1.82) is 0 Å². The van der Waals surface area contributed by atoms with Crippen LogP contribution >= 0.6 is 24.1 Å². The first-order valence-corrected chi connectivity index (χ1v) is 45.6. The molecule has 3 aromatic heterocycles. The molecular weight excluding hydrogens is 1680 g/mol. The Balaban J connectivity index is 0.000000136. The molecule has 30 heteroatoms. The molecule has 18 rings (SSSR count). The number of rotatable bonds is 14. The third kappa shape index (κ3) is 25.8. The summed E-state index contributed by atoms with van der Waals surface area (Å²) in [6, 6.07) is 66.7. The predicted molar refractivity (Wildman–Crippen MR) is 500 cm³/mol. The fourth-order valence-electron chi connectivity index (χ4n) is 15.8. The lowest BCUT2D eigenvalue weighted by Crippen LogP contribution is -2.50. The van der Waals surface area contributed by atoms with Crippen LogP contribution in [-0.4, -0.2) is 182 Å². The van der Waals surface area contributed by atoms with Gasteiger partial charge < -0.3 is 73.1 Å². The summed E-state index contributed by atoms with van der Waals surface area (Å²) in [7, 11) is 0.0868. The van der Waals surface area contributed by atoms with Crippen LogP contribution in [0.2, 0.25) is 0 Å².